The molecule has 2 aromatic rings. The van der Waals surface area contributed by atoms with E-state index in [1.54, 1.807) is 0 Å². The molecular formula is C13H10BF4O-. The Morgan fingerprint density at radius 3 is 2.05 bits per heavy atom. The summed E-state index contributed by atoms with van der Waals surface area (Å²) in [6.45, 7) is -5.05. The average molecular weight is 269 g/mol. The van der Waals surface area contributed by atoms with E-state index < -0.39 is 24.4 Å². The standard InChI is InChI=1S/C13H10BF4O/c15-12-3-1-2-10(8-12)13(19)9-4-6-11(7-5-9)14(16,17)18/h1-8,13,19H/q-1. The SMILES string of the molecule is OC(c1ccc([B-](F)(F)F)cc1)c1cccc(F)c1. The molecule has 0 fully saturated rings. The molecule has 0 aromatic heterocycles. The van der Waals surface area contributed by atoms with E-state index in [9.17, 15) is 22.4 Å². The van der Waals surface area contributed by atoms with Crippen molar-refractivity contribution in [3.8, 4) is 0 Å². The molecule has 2 aromatic carbocycles. The van der Waals surface area contributed by atoms with Crippen LogP contribution in [0.1, 0.15) is 17.2 Å². The second-order valence-electron chi connectivity index (χ2n) is 4.20. The lowest BCUT2D eigenvalue weighted by Gasteiger charge is -2.17. The van der Waals surface area contributed by atoms with Gasteiger partial charge in [0.05, 0.1) is 0 Å². The van der Waals surface area contributed by atoms with Gasteiger partial charge in [-0.2, -0.15) is 0 Å². The molecule has 0 saturated heterocycles. The van der Waals surface area contributed by atoms with E-state index >= 15 is 0 Å². The Hall–Kier alpha value is -1.82. The van der Waals surface area contributed by atoms with E-state index in [1.807, 2.05) is 0 Å². The first-order valence-electron chi connectivity index (χ1n) is 5.61. The van der Waals surface area contributed by atoms with Gasteiger partial charge in [-0.05, 0) is 23.3 Å². The fraction of sp³-hybridized carbons (Fsp3) is 0.0769. The molecule has 0 aliphatic heterocycles. The van der Waals surface area contributed by atoms with Crippen LogP contribution < -0.4 is 5.46 Å². The molecule has 100 valence electrons. The first kappa shape index (κ1) is 13.6. The third-order valence-electron chi connectivity index (χ3n) is 2.79. The number of halogens is 4. The lowest BCUT2D eigenvalue weighted by molar-refractivity contribution is 0.220. The third kappa shape index (κ3) is 3.14. The van der Waals surface area contributed by atoms with Crippen molar-refractivity contribution < 1.29 is 22.4 Å². The summed E-state index contributed by atoms with van der Waals surface area (Å²) in [6.07, 6.45) is -1.15. The summed E-state index contributed by atoms with van der Waals surface area (Å²) in [5.41, 5.74) is -0.144. The van der Waals surface area contributed by atoms with E-state index in [-0.39, 0.29) is 5.56 Å². The first-order valence-corrected chi connectivity index (χ1v) is 5.61. The molecular weight excluding hydrogens is 259 g/mol. The van der Waals surface area contributed by atoms with Gasteiger partial charge in [-0.1, -0.05) is 36.4 Å². The van der Waals surface area contributed by atoms with Crippen LogP contribution in [0.25, 0.3) is 0 Å². The summed E-state index contributed by atoms with van der Waals surface area (Å²) in [5.74, 6) is -0.508. The number of benzene rings is 2. The summed E-state index contributed by atoms with van der Waals surface area (Å²) in [6, 6.07) is 9.53. The molecule has 0 heterocycles. The second-order valence-corrected chi connectivity index (χ2v) is 4.20. The van der Waals surface area contributed by atoms with Crippen molar-refractivity contribution in [1.29, 1.82) is 0 Å². The van der Waals surface area contributed by atoms with Gasteiger partial charge in [0, 0.05) is 0 Å². The Balaban J connectivity index is 2.27. The van der Waals surface area contributed by atoms with Gasteiger partial charge in [0.2, 0.25) is 0 Å². The van der Waals surface area contributed by atoms with Crippen LogP contribution in [-0.4, -0.2) is 12.1 Å². The largest absolute Gasteiger partial charge is 0.509 e. The highest BCUT2D eigenvalue weighted by atomic mass is 19.4. The van der Waals surface area contributed by atoms with Crippen LogP contribution in [0.4, 0.5) is 17.3 Å². The average Bonchev–Trinajstić information content (AvgIpc) is 2.37. The van der Waals surface area contributed by atoms with E-state index in [1.165, 1.54) is 30.3 Å². The molecule has 2 rings (SSSR count). The number of hydrogen-bond donors (Lipinski definition) is 1. The van der Waals surface area contributed by atoms with E-state index in [2.05, 4.69) is 0 Å². The normalized spacial score (nSPS) is 13.3. The van der Waals surface area contributed by atoms with Crippen molar-refractivity contribution in [1.82, 2.24) is 0 Å². The highest BCUT2D eigenvalue weighted by Gasteiger charge is 2.25. The lowest BCUT2D eigenvalue weighted by atomic mass is 9.79. The zero-order valence-electron chi connectivity index (χ0n) is 9.73. The topological polar surface area (TPSA) is 20.2 Å². The molecule has 1 N–H and O–H groups in total. The highest BCUT2D eigenvalue weighted by Crippen LogP contribution is 2.22. The maximum Gasteiger partial charge on any atom is 0.509 e. The Morgan fingerprint density at radius 2 is 1.53 bits per heavy atom. The Kier molecular flexibility index (Phi) is 3.62. The van der Waals surface area contributed by atoms with Gasteiger partial charge in [-0.25, -0.2) is 4.39 Å². The fourth-order valence-electron chi connectivity index (χ4n) is 1.77. The van der Waals surface area contributed by atoms with Crippen molar-refractivity contribution in [2.75, 3.05) is 0 Å². The fourth-order valence-corrected chi connectivity index (χ4v) is 1.77. The Labute approximate surface area is 107 Å². The maximum absolute atomic E-state index is 13.0. The minimum atomic E-state index is -5.05. The van der Waals surface area contributed by atoms with Gasteiger partial charge in [0.15, 0.2) is 0 Å². The van der Waals surface area contributed by atoms with Crippen LogP contribution in [0.15, 0.2) is 48.5 Å². The first-order chi connectivity index (χ1) is 8.88. The monoisotopic (exact) mass is 269 g/mol. The quantitative estimate of drug-likeness (QED) is 0.670. The van der Waals surface area contributed by atoms with Crippen molar-refractivity contribution in [3.63, 3.8) is 0 Å². The summed E-state index contributed by atoms with van der Waals surface area (Å²) >= 11 is 0. The molecule has 0 radical (unpaired) electrons. The minimum absolute atomic E-state index is 0.286. The van der Waals surface area contributed by atoms with Crippen LogP contribution in [0.5, 0.6) is 0 Å². The molecule has 6 heteroatoms. The van der Waals surface area contributed by atoms with Crippen LogP contribution in [0.2, 0.25) is 0 Å². The highest BCUT2D eigenvalue weighted by molar-refractivity contribution is 6.73. The maximum atomic E-state index is 13.0. The Morgan fingerprint density at radius 1 is 0.895 bits per heavy atom. The number of hydrogen-bond acceptors (Lipinski definition) is 1. The summed E-state index contributed by atoms with van der Waals surface area (Å²) < 4.78 is 50.3. The Bertz CT molecular complexity index is 566. The van der Waals surface area contributed by atoms with Crippen LogP contribution in [0.3, 0.4) is 0 Å². The van der Waals surface area contributed by atoms with Gasteiger partial charge in [0.1, 0.15) is 11.9 Å². The van der Waals surface area contributed by atoms with E-state index in [0.29, 0.717) is 5.56 Å². The molecule has 1 atom stereocenters. The summed E-state index contributed by atoms with van der Waals surface area (Å²) in [5, 5.41) is 9.97. The number of aliphatic hydroxyl groups is 1. The molecule has 0 amide bonds. The summed E-state index contributed by atoms with van der Waals surface area (Å²) in [7, 11) is 0. The van der Waals surface area contributed by atoms with Gasteiger partial charge >= 0.3 is 6.98 Å². The van der Waals surface area contributed by atoms with Crippen LogP contribution >= 0.6 is 0 Å². The molecule has 0 bridgehead atoms. The predicted octanol–water partition coefficient (Wildman–Crippen LogP) is 2.96. The third-order valence-corrected chi connectivity index (χ3v) is 2.79. The van der Waals surface area contributed by atoms with Gasteiger partial charge in [0.25, 0.3) is 0 Å². The van der Waals surface area contributed by atoms with Crippen molar-refractivity contribution in [2.24, 2.45) is 0 Å². The van der Waals surface area contributed by atoms with Gasteiger partial charge < -0.3 is 18.1 Å². The number of rotatable bonds is 3. The van der Waals surface area contributed by atoms with Gasteiger partial charge in [-0.3, -0.25) is 0 Å². The van der Waals surface area contributed by atoms with Crippen molar-refractivity contribution >= 4 is 12.4 Å². The van der Waals surface area contributed by atoms with Crippen LogP contribution in [0, 0.1) is 5.82 Å². The molecule has 0 aliphatic carbocycles. The zero-order valence-corrected chi connectivity index (χ0v) is 9.73. The van der Waals surface area contributed by atoms with Crippen molar-refractivity contribution in [3.05, 3.63) is 65.5 Å². The lowest BCUT2D eigenvalue weighted by Crippen LogP contribution is -2.33. The minimum Gasteiger partial charge on any atom is -0.445 e. The smallest absolute Gasteiger partial charge is 0.445 e. The van der Waals surface area contributed by atoms with Crippen molar-refractivity contribution in [2.45, 2.75) is 6.10 Å². The molecule has 1 unspecified atom stereocenters. The number of aliphatic hydroxyl groups excluding tert-OH is 1. The molecule has 1 nitrogen and oxygen atoms in total. The van der Waals surface area contributed by atoms with E-state index in [4.69, 9.17) is 0 Å². The molecule has 19 heavy (non-hydrogen) atoms. The summed E-state index contributed by atoms with van der Waals surface area (Å²) in [4.78, 5) is 0. The molecule has 0 aliphatic rings. The second kappa shape index (κ2) is 5.05. The molecule has 0 spiro atoms. The van der Waals surface area contributed by atoms with Gasteiger partial charge in [-0.15, -0.1) is 5.46 Å². The zero-order chi connectivity index (χ0) is 14.0. The van der Waals surface area contributed by atoms with Crippen LogP contribution in [-0.2, 0) is 0 Å². The van der Waals surface area contributed by atoms with E-state index in [0.717, 1.165) is 18.2 Å². The molecule has 0 saturated carbocycles. The predicted molar refractivity (Wildman–Crippen MR) is 65.6 cm³/mol.